The van der Waals surface area contributed by atoms with Crippen molar-refractivity contribution in [1.82, 2.24) is 0 Å². The first-order valence-corrected chi connectivity index (χ1v) is 15.1. The topological polar surface area (TPSA) is 31.2 Å². The van der Waals surface area contributed by atoms with E-state index in [2.05, 4.69) is 122 Å². The van der Waals surface area contributed by atoms with Crippen LogP contribution in [0.25, 0.3) is 12.2 Å². The first-order chi connectivity index (χ1) is 19.7. The molecule has 0 spiro atoms. The average molecular weight is 537 g/mol. The van der Waals surface area contributed by atoms with E-state index < -0.39 is 0 Å². The van der Waals surface area contributed by atoms with E-state index >= 15 is 0 Å². The summed E-state index contributed by atoms with van der Waals surface area (Å²) in [5.74, 6) is 0. The average Bonchev–Trinajstić information content (AvgIpc) is 3.00. The molecule has 2 aromatic carbocycles. The summed E-state index contributed by atoms with van der Waals surface area (Å²) in [6.45, 7) is 12.9. The normalized spacial score (nSPS) is 18.4. The molecule has 0 bridgehead atoms. The number of benzene rings is 2. The minimum absolute atomic E-state index is 0.263. The van der Waals surface area contributed by atoms with E-state index in [0.717, 1.165) is 39.0 Å². The second-order valence-electron chi connectivity index (χ2n) is 10.0. The van der Waals surface area contributed by atoms with Crippen LogP contribution in [-0.4, -0.2) is 50.7 Å². The van der Waals surface area contributed by atoms with Gasteiger partial charge in [0, 0.05) is 50.0 Å². The van der Waals surface area contributed by atoms with Crippen LogP contribution >= 0.6 is 0 Å². The maximum Gasteiger partial charge on any atom is 0.0722 e. The molecule has 3 rings (SSSR count). The molecule has 4 heteroatoms. The van der Waals surface area contributed by atoms with Crippen molar-refractivity contribution in [2.45, 2.75) is 65.5 Å². The molecule has 2 aromatic rings. The van der Waals surface area contributed by atoms with Crippen LogP contribution in [0, 0.1) is 0 Å². The van der Waals surface area contributed by atoms with Crippen molar-refractivity contribution in [2.75, 3.05) is 36.0 Å². The molecule has 1 fully saturated rings. The first-order valence-electron chi connectivity index (χ1n) is 15.1. The number of rotatable bonds is 14. The summed E-state index contributed by atoms with van der Waals surface area (Å²) in [7, 11) is 0. The van der Waals surface area contributed by atoms with Crippen molar-refractivity contribution in [2.24, 2.45) is 9.98 Å². The Balaban J connectivity index is 1.46. The molecule has 0 N–H and O–H groups in total. The molecule has 0 radical (unpaired) electrons. The van der Waals surface area contributed by atoms with Gasteiger partial charge in [0.25, 0.3) is 0 Å². The minimum atomic E-state index is 0.263. The van der Waals surface area contributed by atoms with Crippen LogP contribution < -0.4 is 9.80 Å². The van der Waals surface area contributed by atoms with Gasteiger partial charge in [0.15, 0.2) is 0 Å². The summed E-state index contributed by atoms with van der Waals surface area (Å²) in [6.07, 6.45) is 25.1. The van der Waals surface area contributed by atoms with Crippen LogP contribution in [0.3, 0.4) is 0 Å². The number of aliphatic imine (C=N–C) groups is 2. The number of hydrogen-bond acceptors (Lipinski definition) is 4. The first kappa shape index (κ1) is 30.9. The highest BCUT2D eigenvalue weighted by Gasteiger charge is 2.22. The second-order valence-corrected chi connectivity index (χ2v) is 10.0. The van der Waals surface area contributed by atoms with Crippen LogP contribution in [0.5, 0.6) is 0 Å². The van der Waals surface area contributed by atoms with E-state index in [1.165, 1.54) is 35.3 Å². The monoisotopic (exact) mass is 536 g/mol. The molecule has 1 aliphatic carbocycles. The number of anilines is 2. The zero-order valence-corrected chi connectivity index (χ0v) is 25.0. The largest absolute Gasteiger partial charge is 0.372 e. The predicted octanol–water partition coefficient (Wildman–Crippen LogP) is 8.67. The van der Waals surface area contributed by atoms with Gasteiger partial charge >= 0.3 is 0 Å². The van der Waals surface area contributed by atoms with E-state index in [1.807, 2.05) is 24.6 Å². The smallest absolute Gasteiger partial charge is 0.0722 e. The molecular weight excluding hydrogens is 488 g/mol. The van der Waals surface area contributed by atoms with Gasteiger partial charge in [0.05, 0.1) is 12.1 Å². The van der Waals surface area contributed by atoms with Crippen LogP contribution in [0.4, 0.5) is 11.4 Å². The fourth-order valence-electron chi connectivity index (χ4n) is 5.09. The predicted molar refractivity (Wildman–Crippen MR) is 179 cm³/mol. The molecule has 0 saturated heterocycles. The van der Waals surface area contributed by atoms with Gasteiger partial charge < -0.3 is 9.80 Å². The molecule has 0 unspecified atom stereocenters. The standard InChI is InChI=1S/C36H48N4/c1-5-39(6-2)33-25-21-31(22-26-33)17-11-9-15-29-37-35-19-13-14-20-36(35)38-30-16-10-12-18-32-23-27-34(28-24-32)40(7-3)8-4/h9-12,15-18,21-30,35-36H,5-8,13-14,19-20H2,1-4H3/b15-9+,16-10+,17-11-,18-12+,37-29?,38-30?/t35-,36-/m1/s1. The fraction of sp³-hybridized carbons (Fsp3) is 0.389. The highest BCUT2D eigenvalue weighted by Crippen LogP contribution is 2.23. The van der Waals surface area contributed by atoms with Crippen molar-refractivity contribution in [3.63, 3.8) is 0 Å². The Labute approximate surface area is 243 Å². The summed E-state index contributed by atoms with van der Waals surface area (Å²) < 4.78 is 0. The second kappa shape index (κ2) is 17.8. The summed E-state index contributed by atoms with van der Waals surface area (Å²) in [5, 5.41) is 0. The lowest BCUT2D eigenvalue weighted by molar-refractivity contribution is 0.390. The molecule has 1 saturated carbocycles. The molecule has 0 heterocycles. The molecule has 0 amide bonds. The molecule has 40 heavy (non-hydrogen) atoms. The third kappa shape index (κ3) is 10.1. The maximum absolute atomic E-state index is 4.84. The Morgan fingerprint density at radius 2 is 0.925 bits per heavy atom. The third-order valence-electron chi connectivity index (χ3n) is 7.49. The number of hydrogen-bond donors (Lipinski definition) is 0. The maximum atomic E-state index is 4.84. The van der Waals surface area contributed by atoms with Gasteiger partial charge in [-0.15, -0.1) is 0 Å². The van der Waals surface area contributed by atoms with Gasteiger partial charge in [0.1, 0.15) is 0 Å². The van der Waals surface area contributed by atoms with Gasteiger partial charge in [-0.3, -0.25) is 9.98 Å². The quantitative estimate of drug-likeness (QED) is 0.179. The van der Waals surface area contributed by atoms with E-state index in [-0.39, 0.29) is 12.1 Å². The molecule has 2 atom stereocenters. The summed E-state index contributed by atoms with van der Waals surface area (Å²) in [4.78, 5) is 14.4. The van der Waals surface area contributed by atoms with Crippen LogP contribution in [0.2, 0.25) is 0 Å². The van der Waals surface area contributed by atoms with E-state index in [9.17, 15) is 0 Å². The lowest BCUT2D eigenvalue weighted by atomic mass is 9.91. The molecule has 4 nitrogen and oxygen atoms in total. The van der Waals surface area contributed by atoms with E-state index in [0.29, 0.717) is 0 Å². The Morgan fingerprint density at radius 3 is 1.27 bits per heavy atom. The molecule has 0 aliphatic heterocycles. The fourth-order valence-corrected chi connectivity index (χ4v) is 5.09. The molecule has 212 valence electrons. The van der Waals surface area contributed by atoms with Crippen LogP contribution in [-0.2, 0) is 0 Å². The highest BCUT2D eigenvalue weighted by atomic mass is 15.1. The van der Waals surface area contributed by atoms with E-state index in [1.54, 1.807) is 0 Å². The van der Waals surface area contributed by atoms with Crippen LogP contribution in [0.1, 0.15) is 64.5 Å². The minimum Gasteiger partial charge on any atom is -0.372 e. The van der Waals surface area contributed by atoms with Gasteiger partial charge in [-0.1, -0.05) is 73.6 Å². The van der Waals surface area contributed by atoms with Crippen molar-refractivity contribution < 1.29 is 0 Å². The van der Waals surface area contributed by atoms with Crippen molar-refractivity contribution in [1.29, 1.82) is 0 Å². The molecule has 0 aromatic heterocycles. The van der Waals surface area contributed by atoms with Gasteiger partial charge in [0.2, 0.25) is 0 Å². The zero-order valence-electron chi connectivity index (χ0n) is 25.0. The Morgan fingerprint density at radius 1 is 0.550 bits per heavy atom. The Kier molecular flexibility index (Phi) is 13.8. The van der Waals surface area contributed by atoms with Gasteiger partial charge in [-0.25, -0.2) is 0 Å². The zero-order chi connectivity index (χ0) is 28.4. The lowest BCUT2D eigenvalue weighted by Gasteiger charge is -2.25. The van der Waals surface area contributed by atoms with Crippen molar-refractivity contribution in [3.05, 3.63) is 96.1 Å². The highest BCUT2D eigenvalue weighted by molar-refractivity contribution is 5.73. The van der Waals surface area contributed by atoms with Crippen LogP contribution in [0.15, 0.2) is 95.0 Å². The third-order valence-corrected chi connectivity index (χ3v) is 7.49. The summed E-state index contributed by atoms with van der Waals surface area (Å²) in [5.41, 5.74) is 4.96. The molecular formula is C36H48N4. The SMILES string of the molecule is CCN(CC)c1ccc(/C=C\C=C\C=N[C@@H]2CCCC[C@H]2N=C/C=C/C=C/c2ccc(N(CC)CC)cc2)cc1. The molecule has 1 aliphatic rings. The van der Waals surface area contributed by atoms with Gasteiger partial charge in [-0.2, -0.15) is 0 Å². The van der Waals surface area contributed by atoms with Crippen molar-refractivity contribution in [3.8, 4) is 0 Å². The summed E-state index contributed by atoms with van der Waals surface area (Å²) in [6, 6.07) is 18.0. The number of nitrogens with zero attached hydrogens (tertiary/aromatic N) is 4. The summed E-state index contributed by atoms with van der Waals surface area (Å²) >= 11 is 0. The Hall–Kier alpha value is -3.66. The number of allylic oxidation sites excluding steroid dienone is 6. The Bertz CT molecular complexity index is 1050. The van der Waals surface area contributed by atoms with Crippen molar-refractivity contribution >= 4 is 36.0 Å². The van der Waals surface area contributed by atoms with Gasteiger partial charge in [-0.05, 0) is 88.1 Å². The lowest BCUT2D eigenvalue weighted by Crippen LogP contribution is -2.26. The van der Waals surface area contributed by atoms with E-state index in [4.69, 9.17) is 9.98 Å².